The molecule has 1 saturated carbocycles. The van der Waals surface area contributed by atoms with Crippen LogP contribution in [-0.2, 0) is 9.59 Å². The molecular weight excluding hydrogens is 306 g/mol. The average Bonchev–Trinajstić information content (AvgIpc) is 2.54. The van der Waals surface area contributed by atoms with Crippen molar-refractivity contribution in [3.8, 4) is 5.75 Å². The molecule has 1 heterocycles. The molecule has 6 heteroatoms. The number of amides is 2. The van der Waals surface area contributed by atoms with Gasteiger partial charge in [0.15, 0.2) is 6.61 Å². The summed E-state index contributed by atoms with van der Waals surface area (Å²) in [5.41, 5.74) is 0.630. The number of carbonyl (C=O) groups excluding carboxylic acids is 2. The van der Waals surface area contributed by atoms with Gasteiger partial charge in [0.05, 0.1) is 11.9 Å². The maximum atomic E-state index is 11.9. The van der Waals surface area contributed by atoms with E-state index in [-0.39, 0.29) is 24.3 Å². The molecular formula is C18H19N3O3. The Morgan fingerprint density at radius 2 is 1.88 bits per heavy atom. The van der Waals surface area contributed by atoms with Gasteiger partial charge in [0.25, 0.3) is 5.91 Å². The van der Waals surface area contributed by atoms with E-state index in [4.69, 9.17) is 4.74 Å². The van der Waals surface area contributed by atoms with Crippen molar-refractivity contribution < 1.29 is 14.3 Å². The molecule has 0 aliphatic heterocycles. The lowest BCUT2D eigenvalue weighted by molar-refractivity contribution is -0.122. The molecule has 2 aromatic rings. The van der Waals surface area contributed by atoms with Crippen LogP contribution in [0.15, 0.2) is 48.7 Å². The summed E-state index contributed by atoms with van der Waals surface area (Å²) in [5, 5.41) is 5.48. The van der Waals surface area contributed by atoms with Crippen LogP contribution in [0.5, 0.6) is 5.75 Å². The van der Waals surface area contributed by atoms with Crippen LogP contribution in [0.2, 0.25) is 0 Å². The van der Waals surface area contributed by atoms with Crippen molar-refractivity contribution in [2.24, 2.45) is 5.92 Å². The number of ether oxygens (including phenoxy) is 1. The molecule has 1 fully saturated rings. The lowest BCUT2D eigenvalue weighted by atomic mass is 9.85. The number of nitrogens with zero attached hydrogens (tertiary/aromatic N) is 1. The van der Waals surface area contributed by atoms with E-state index in [9.17, 15) is 9.59 Å². The van der Waals surface area contributed by atoms with Crippen molar-refractivity contribution >= 4 is 23.3 Å². The first-order chi connectivity index (χ1) is 11.7. The number of hydrogen-bond acceptors (Lipinski definition) is 4. The summed E-state index contributed by atoms with van der Waals surface area (Å²) >= 11 is 0. The summed E-state index contributed by atoms with van der Waals surface area (Å²) in [6.07, 6.45) is 4.56. The number of anilines is 2. The molecule has 0 radical (unpaired) electrons. The van der Waals surface area contributed by atoms with Gasteiger partial charge in [0, 0.05) is 5.92 Å². The van der Waals surface area contributed by atoms with E-state index in [0.29, 0.717) is 17.3 Å². The Bertz CT molecular complexity index is 697. The highest BCUT2D eigenvalue weighted by Crippen LogP contribution is 2.27. The Kier molecular flexibility index (Phi) is 5.05. The molecule has 0 bridgehead atoms. The minimum absolute atomic E-state index is 0.0381. The second-order valence-corrected chi connectivity index (χ2v) is 5.70. The third-order valence-electron chi connectivity index (χ3n) is 3.89. The van der Waals surface area contributed by atoms with Gasteiger partial charge in [-0.05, 0) is 37.1 Å². The molecule has 24 heavy (non-hydrogen) atoms. The normalized spacial score (nSPS) is 13.7. The highest BCUT2D eigenvalue weighted by molar-refractivity contribution is 5.93. The van der Waals surface area contributed by atoms with Crippen LogP contribution in [0.3, 0.4) is 0 Å². The molecule has 124 valence electrons. The van der Waals surface area contributed by atoms with Crippen molar-refractivity contribution in [1.29, 1.82) is 0 Å². The predicted molar refractivity (Wildman–Crippen MR) is 90.8 cm³/mol. The quantitative estimate of drug-likeness (QED) is 0.856. The largest absolute Gasteiger partial charge is 0.484 e. The van der Waals surface area contributed by atoms with Crippen molar-refractivity contribution in [1.82, 2.24) is 4.98 Å². The lowest BCUT2D eigenvalue weighted by Crippen LogP contribution is -2.28. The van der Waals surface area contributed by atoms with Crippen molar-refractivity contribution in [2.45, 2.75) is 19.3 Å². The highest BCUT2D eigenvalue weighted by atomic mass is 16.5. The number of carbonyl (C=O) groups is 2. The minimum atomic E-state index is -0.294. The van der Waals surface area contributed by atoms with E-state index in [0.717, 1.165) is 19.3 Å². The van der Waals surface area contributed by atoms with Crippen LogP contribution < -0.4 is 15.4 Å². The summed E-state index contributed by atoms with van der Waals surface area (Å²) in [6.45, 7) is -0.0914. The number of hydrogen-bond donors (Lipinski definition) is 2. The Hall–Kier alpha value is -2.89. The van der Waals surface area contributed by atoms with Gasteiger partial charge < -0.3 is 15.4 Å². The van der Waals surface area contributed by atoms with Crippen LogP contribution in [0.1, 0.15) is 19.3 Å². The topological polar surface area (TPSA) is 80.3 Å². The molecule has 1 aliphatic carbocycles. The van der Waals surface area contributed by atoms with Gasteiger partial charge in [0.2, 0.25) is 5.91 Å². The van der Waals surface area contributed by atoms with E-state index in [1.165, 1.54) is 6.20 Å². The average molecular weight is 325 g/mol. The Morgan fingerprint density at radius 1 is 1.08 bits per heavy atom. The Balaban J connectivity index is 1.46. The Labute approximate surface area is 140 Å². The molecule has 1 aromatic heterocycles. The second-order valence-electron chi connectivity index (χ2n) is 5.70. The fraction of sp³-hybridized carbons (Fsp3) is 0.278. The van der Waals surface area contributed by atoms with Gasteiger partial charge in [0.1, 0.15) is 11.6 Å². The van der Waals surface area contributed by atoms with E-state index in [1.807, 2.05) is 18.2 Å². The molecule has 0 spiro atoms. The van der Waals surface area contributed by atoms with Gasteiger partial charge in [-0.3, -0.25) is 9.59 Å². The lowest BCUT2D eigenvalue weighted by Gasteiger charge is -2.23. The van der Waals surface area contributed by atoms with Crippen LogP contribution in [-0.4, -0.2) is 23.4 Å². The van der Waals surface area contributed by atoms with E-state index >= 15 is 0 Å². The number of para-hydroxylation sites is 1. The number of aromatic nitrogens is 1. The zero-order valence-corrected chi connectivity index (χ0v) is 13.2. The summed E-state index contributed by atoms with van der Waals surface area (Å²) in [4.78, 5) is 27.8. The van der Waals surface area contributed by atoms with E-state index < -0.39 is 0 Å². The second kappa shape index (κ2) is 7.59. The summed E-state index contributed by atoms with van der Waals surface area (Å²) in [6, 6.07) is 12.5. The third kappa shape index (κ3) is 4.32. The van der Waals surface area contributed by atoms with Gasteiger partial charge in [-0.1, -0.05) is 24.6 Å². The maximum Gasteiger partial charge on any atom is 0.263 e. The molecule has 1 aliphatic rings. The van der Waals surface area contributed by atoms with Crippen molar-refractivity contribution in [3.63, 3.8) is 0 Å². The summed E-state index contributed by atoms with van der Waals surface area (Å²) in [5.74, 6) is 0.918. The number of nitrogens with one attached hydrogen (secondary N) is 2. The SMILES string of the molecule is O=C(COc1ccccc1)Nc1ccc(NC(=O)C2CCC2)cn1. The molecule has 2 N–H and O–H groups in total. The molecule has 1 aromatic carbocycles. The fourth-order valence-electron chi connectivity index (χ4n) is 2.30. The molecule has 0 unspecified atom stereocenters. The van der Waals surface area contributed by atoms with Gasteiger partial charge in [-0.25, -0.2) is 4.98 Å². The molecule has 0 saturated heterocycles. The van der Waals surface area contributed by atoms with E-state index in [2.05, 4.69) is 15.6 Å². The Morgan fingerprint density at radius 3 is 2.50 bits per heavy atom. The smallest absolute Gasteiger partial charge is 0.263 e. The highest BCUT2D eigenvalue weighted by Gasteiger charge is 2.25. The monoisotopic (exact) mass is 325 g/mol. The number of benzene rings is 1. The van der Waals surface area contributed by atoms with Crippen LogP contribution >= 0.6 is 0 Å². The van der Waals surface area contributed by atoms with Crippen molar-refractivity contribution in [2.75, 3.05) is 17.2 Å². The summed E-state index contributed by atoms with van der Waals surface area (Å²) < 4.78 is 5.36. The number of pyridine rings is 1. The first-order valence-corrected chi connectivity index (χ1v) is 7.95. The van der Waals surface area contributed by atoms with Gasteiger partial charge >= 0.3 is 0 Å². The van der Waals surface area contributed by atoms with Crippen LogP contribution in [0.4, 0.5) is 11.5 Å². The summed E-state index contributed by atoms with van der Waals surface area (Å²) in [7, 11) is 0. The molecule has 3 rings (SSSR count). The molecule has 6 nitrogen and oxygen atoms in total. The maximum absolute atomic E-state index is 11.9. The first-order valence-electron chi connectivity index (χ1n) is 7.95. The van der Waals surface area contributed by atoms with E-state index in [1.54, 1.807) is 24.3 Å². The molecule has 2 amide bonds. The molecule has 0 atom stereocenters. The van der Waals surface area contributed by atoms with Crippen LogP contribution in [0.25, 0.3) is 0 Å². The van der Waals surface area contributed by atoms with Crippen LogP contribution in [0, 0.1) is 5.92 Å². The number of rotatable bonds is 6. The van der Waals surface area contributed by atoms with Gasteiger partial charge in [-0.2, -0.15) is 0 Å². The fourth-order valence-corrected chi connectivity index (χ4v) is 2.30. The minimum Gasteiger partial charge on any atom is -0.484 e. The van der Waals surface area contributed by atoms with Crippen molar-refractivity contribution in [3.05, 3.63) is 48.7 Å². The predicted octanol–water partition coefficient (Wildman–Crippen LogP) is 2.84. The van der Waals surface area contributed by atoms with Gasteiger partial charge in [-0.15, -0.1) is 0 Å². The first kappa shape index (κ1) is 16.0. The zero-order valence-electron chi connectivity index (χ0n) is 13.2. The third-order valence-corrected chi connectivity index (χ3v) is 3.89. The standard InChI is InChI=1S/C18H19N3O3/c22-17(12-24-15-7-2-1-3-8-15)21-16-10-9-14(11-19-16)20-18(23)13-5-4-6-13/h1-3,7-11,13H,4-6,12H2,(H,20,23)(H,19,21,22). The zero-order chi connectivity index (χ0) is 16.8.